The molecule has 1 fully saturated rings. The highest BCUT2D eigenvalue weighted by Gasteiger charge is 2.22. The van der Waals surface area contributed by atoms with Crippen LogP contribution in [0.25, 0.3) is 0 Å². The molecule has 0 aromatic carbocycles. The van der Waals surface area contributed by atoms with E-state index in [1.807, 2.05) is 0 Å². The van der Waals surface area contributed by atoms with Crippen molar-refractivity contribution in [2.45, 2.75) is 73.2 Å². The van der Waals surface area contributed by atoms with Crippen molar-refractivity contribution in [2.75, 3.05) is 46.6 Å². The molecule has 0 amide bonds. The number of aliphatic hydroxyl groups is 1. The van der Waals surface area contributed by atoms with Crippen molar-refractivity contribution in [3.8, 4) is 0 Å². The van der Waals surface area contributed by atoms with Crippen LogP contribution in [0, 0.1) is 0 Å². The lowest BCUT2D eigenvalue weighted by atomic mass is 10.0. The molecule has 0 radical (unpaired) electrons. The number of nitrogens with one attached hydrogen (secondary N) is 1. The van der Waals surface area contributed by atoms with Gasteiger partial charge in [0.2, 0.25) is 0 Å². The minimum atomic E-state index is -0.273. The highest BCUT2D eigenvalue weighted by molar-refractivity contribution is 4.70. The predicted octanol–water partition coefficient (Wildman–Crippen LogP) is 2.06. The standard InChI is InChI=1S/C9H18O3.C7H19N3.2CH4/c1-3-8-5-9(4-7(2)10)12-6-11-8;1-3-10(2)7-6-9-5-4-8;;/h7-10H,3-6H2,1-2H3;9H,3-8H2,1-2H3;2*1H4. The second kappa shape index (κ2) is 19.1. The maximum Gasteiger partial charge on any atom is 0.147 e. The molecule has 1 aliphatic heterocycles. The van der Waals surface area contributed by atoms with Gasteiger partial charge in [0.25, 0.3) is 0 Å². The zero-order valence-corrected chi connectivity index (χ0v) is 14.9. The van der Waals surface area contributed by atoms with E-state index < -0.39 is 0 Å². The molecule has 1 aliphatic rings. The van der Waals surface area contributed by atoms with Crippen molar-refractivity contribution >= 4 is 0 Å². The van der Waals surface area contributed by atoms with E-state index in [1.54, 1.807) is 6.92 Å². The highest BCUT2D eigenvalue weighted by atomic mass is 16.7. The van der Waals surface area contributed by atoms with Gasteiger partial charge < -0.3 is 30.5 Å². The van der Waals surface area contributed by atoms with E-state index in [9.17, 15) is 0 Å². The Morgan fingerprint density at radius 2 is 1.83 bits per heavy atom. The highest BCUT2D eigenvalue weighted by Crippen LogP contribution is 2.19. The molecule has 0 bridgehead atoms. The van der Waals surface area contributed by atoms with Crippen molar-refractivity contribution in [2.24, 2.45) is 5.73 Å². The van der Waals surface area contributed by atoms with Gasteiger partial charge in [-0.05, 0) is 33.4 Å². The zero-order valence-electron chi connectivity index (χ0n) is 14.9. The van der Waals surface area contributed by atoms with Crippen LogP contribution in [0.5, 0.6) is 0 Å². The lowest BCUT2D eigenvalue weighted by molar-refractivity contribution is -0.181. The van der Waals surface area contributed by atoms with Crippen LogP contribution in [-0.4, -0.2) is 74.9 Å². The van der Waals surface area contributed by atoms with Gasteiger partial charge in [-0.3, -0.25) is 0 Å². The zero-order chi connectivity index (χ0) is 16.8. The summed E-state index contributed by atoms with van der Waals surface area (Å²) < 4.78 is 10.7. The number of nitrogens with two attached hydrogens (primary N) is 1. The van der Waals surface area contributed by atoms with Crippen LogP contribution in [0.15, 0.2) is 0 Å². The maximum absolute atomic E-state index is 9.14. The van der Waals surface area contributed by atoms with Crippen LogP contribution in [0.1, 0.15) is 54.9 Å². The largest absolute Gasteiger partial charge is 0.393 e. The second-order valence-electron chi connectivity index (χ2n) is 5.86. The normalized spacial score (nSPS) is 21.1. The molecule has 6 nitrogen and oxygen atoms in total. The molecule has 4 N–H and O–H groups in total. The first-order chi connectivity index (χ1) is 10.5. The van der Waals surface area contributed by atoms with Crippen LogP contribution >= 0.6 is 0 Å². The minimum absolute atomic E-state index is 0. The molecule has 150 valence electrons. The van der Waals surface area contributed by atoms with E-state index in [-0.39, 0.29) is 27.1 Å². The molecule has 3 unspecified atom stereocenters. The van der Waals surface area contributed by atoms with Gasteiger partial charge in [0.05, 0.1) is 18.3 Å². The first kappa shape index (κ1) is 28.6. The Morgan fingerprint density at radius 1 is 1.21 bits per heavy atom. The Morgan fingerprint density at radius 3 is 2.33 bits per heavy atom. The van der Waals surface area contributed by atoms with Gasteiger partial charge >= 0.3 is 0 Å². The van der Waals surface area contributed by atoms with E-state index in [1.165, 1.54) is 0 Å². The third kappa shape index (κ3) is 16.6. The molecule has 0 spiro atoms. The third-order valence-electron chi connectivity index (χ3n) is 3.72. The molecular weight excluding hydrogens is 306 g/mol. The van der Waals surface area contributed by atoms with Gasteiger partial charge in [0.1, 0.15) is 6.79 Å². The minimum Gasteiger partial charge on any atom is -0.393 e. The molecule has 0 aromatic heterocycles. The Balaban J connectivity index is -0.000000345. The fourth-order valence-electron chi connectivity index (χ4n) is 2.15. The summed E-state index contributed by atoms with van der Waals surface area (Å²) in [6, 6.07) is 0. The summed E-state index contributed by atoms with van der Waals surface area (Å²) >= 11 is 0. The van der Waals surface area contributed by atoms with Crippen molar-refractivity contribution in [3.05, 3.63) is 0 Å². The summed E-state index contributed by atoms with van der Waals surface area (Å²) in [6.07, 6.45) is 2.90. The van der Waals surface area contributed by atoms with Crippen LogP contribution in [-0.2, 0) is 9.47 Å². The Hall–Kier alpha value is -0.240. The summed E-state index contributed by atoms with van der Waals surface area (Å²) in [5.74, 6) is 0. The van der Waals surface area contributed by atoms with E-state index in [0.717, 1.165) is 52.0 Å². The van der Waals surface area contributed by atoms with Crippen molar-refractivity contribution in [1.29, 1.82) is 0 Å². The van der Waals surface area contributed by atoms with Crippen LogP contribution in [0.3, 0.4) is 0 Å². The van der Waals surface area contributed by atoms with Gasteiger partial charge in [0, 0.05) is 32.6 Å². The van der Waals surface area contributed by atoms with Gasteiger partial charge in [-0.1, -0.05) is 28.7 Å². The summed E-state index contributed by atoms with van der Waals surface area (Å²) in [5.41, 5.74) is 5.30. The third-order valence-corrected chi connectivity index (χ3v) is 3.72. The Labute approximate surface area is 151 Å². The maximum atomic E-state index is 9.14. The lowest BCUT2D eigenvalue weighted by Crippen LogP contribution is -2.32. The molecule has 1 rings (SSSR count). The van der Waals surface area contributed by atoms with Crippen molar-refractivity contribution < 1.29 is 14.6 Å². The fraction of sp³-hybridized carbons (Fsp3) is 1.00. The summed E-state index contributed by atoms with van der Waals surface area (Å²) in [6.45, 7) is 11.4. The molecular formula is C18H45N3O3. The quantitative estimate of drug-likeness (QED) is 0.552. The van der Waals surface area contributed by atoms with Crippen molar-refractivity contribution in [1.82, 2.24) is 10.2 Å². The second-order valence-corrected chi connectivity index (χ2v) is 5.86. The van der Waals surface area contributed by atoms with Crippen molar-refractivity contribution in [3.63, 3.8) is 0 Å². The van der Waals surface area contributed by atoms with Crippen LogP contribution in [0.2, 0.25) is 0 Å². The molecule has 6 heteroatoms. The summed E-state index contributed by atoms with van der Waals surface area (Å²) in [7, 11) is 2.12. The Kier molecular flexibility index (Phi) is 22.7. The summed E-state index contributed by atoms with van der Waals surface area (Å²) in [4.78, 5) is 2.27. The predicted molar refractivity (Wildman–Crippen MR) is 104 cm³/mol. The fourth-order valence-corrected chi connectivity index (χ4v) is 2.15. The smallest absolute Gasteiger partial charge is 0.147 e. The molecule has 0 saturated carbocycles. The van der Waals surface area contributed by atoms with Gasteiger partial charge in [-0.25, -0.2) is 0 Å². The number of aliphatic hydroxyl groups excluding tert-OH is 1. The van der Waals surface area contributed by atoms with Gasteiger partial charge in [-0.15, -0.1) is 0 Å². The number of hydrogen-bond donors (Lipinski definition) is 3. The van der Waals surface area contributed by atoms with Crippen LogP contribution < -0.4 is 11.1 Å². The van der Waals surface area contributed by atoms with E-state index >= 15 is 0 Å². The average molecular weight is 352 g/mol. The monoisotopic (exact) mass is 351 g/mol. The molecule has 0 aromatic rings. The number of rotatable bonds is 9. The Bertz CT molecular complexity index is 244. The van der Waals surface area contributed by atoms with E-state index in [4.69, 9.17) is 20.3 Å². The number of ether oxygens (including phenoxy) is 2. The van der Waals surface area contributed by atoms with E-state index in [0.29, 0.717) is 12.9 Å². The van der Waals surface area contributed by atoms with Gasteiger partial charge in [-0.2, -0.15) is 0 Å². The SMILES string of the molecule is C.C.CCC1CC(CC(C)O)OCO1.CCN(C)CCNCCN. The first-order valence-corrected chi connectivity index (χ1v) is 8.53. The molecule has 3 atom stereocenters. The molecule has 1 saturated heterocycles. The summed E-state index contributed by atoms with van der Waals surface area (Å²) in [5, 5.41) is 12.4. The first-order valence-electron chi connectivity index (χ1n) is 8.53. The van der Waals surface area contributed by atoms with Crippen LogP contribution in [0.4, 0.5) is 0 Å². The number of nitrogens with zero attached hydrogens (tertiary/aromatic N) is 1. The number of likely N-dealkylation sites (N-methyl/N-ethyl adjacent to an activating group) is 1. The molecule has 24 heavy (non-hydrogen) atoms. The van der Waals surface area contributed by atoms with Gasteiger partial charge in [0.15, 0.2) is 0 Å². The topological polar surface area (TPSA) is 80.0 Å². The average Bonchev–Trinajstić information content (AvgIpc) is 2.51. The molecule has 1 heterocycles. The van der Waals surface area contributed by atoms with E-state index in [2.05, 4.69) is 31.1 Å². The number of hydrogen-bond acceptors (Lipinski definition) is 6. The lowest BCUT2D eigenvalue weighted by Gasteiger charge is -2.29. The molecule has 0 aliphatic carbocycles.